The lowest BCUT2D eigenvalue weighted by molar-refractivity contribution is -0.115. The van der Waals surface area contributed by atoms with E-state index in [1.807, 2.05) is 11.4 Å². The highest BCUT2D eigenvalue weighted by Crippen LogP contribution is 2.19. The number of para-hydroxylation sites is 1. The number of carbonyl (C=O) groups excluding carboxylic acids is 1. The number of nitrogens with one attached hydrogen (secondary N) is 2. The summed E-state index contributed by atoms with van der Waals surface area (Å²) in [7, 11) is 0. The monoisotopic (exact) mass is 360 g/mol. The quantitative estimate of drug-likeness (QED) is 0.856. The molecule has 3 nitrogen and oxygen atoms in total. The third-order valence-electron chi connectivity index (χ3n) is 2.43. The maximum Gasteiger partial charge on any atom is 0.238 e. The molecule has 0 unspecified atom stereocenters. The van der Waals surface area contributed by atoms with Crippen LogP contribution in [0.5, 0.6) is 0 Å². The van der Waals surface area contributed by atoms with E-state index in [2.05, 4.69) is 26.6 Å². The summed E-state index contributed by atoms with van der Waals surface area (Å²) in [5.74, 6) is -2.08. The fraction of sp³-hybridized carbons (Fsp3) is 0.154. The van der Waals surface area contributed by atoms with Crippen LogP contribution in [0.25, 0.3) is 0 Å². The number of carbonyl (C=O) groups is 1. The zero-order valence-corrected chi connectivity index (χ0v) is 12.7. The maximum atomic E-state index is 13.3. The van der Waals surface area contributed by atoms with Crippen molar-refractivity contribution in [3.63, 3.8) is 0 Å². The van der Waals surface area contributed by atoms with Gasteiger partial charge in [0.05, 0.1) is 6.54 Å². The van der Waals surface area contributed by atoms with Crippen molar-refractivity contribution in [3.05, 3.63) is 50.6 Å². The van der Waals surface area contributed by atoms with Crippen LogP contribution in [0.1, 0.15) is 4.88 Å². The van der Waals surface area contributed by atoms with Crippen LogP contribution in [0, 0.1) is 11.6 Å². The predicted octanol–water partition coefficient (Wildman–Crippen LogP) is 3.52. The highest BCUT2D eigenvalue weighted by molar-refractivity contribution is 9.10. The van der Waals surface area contributed by atoms with Gasteiger partial charge in [0.25, 0.3) is 0 Å². The van der Waals surface area contributed by atoms with Crippen LogP contribution in [0.3, 0.4) is 0 Å². The highest BCUT2D eigenvalue weighted by atomic mass is 79.9. The lowest BCUT2D eigenvalue weighted by Crippen LogP contribution is -2.28. The lowest BCUT2D eigenvalue weighted by Gasteiger charge is -2.08. The molecule has 1 heterocycles. The first-order chi connectivity index (χ1) is 9.56. The van der Waals surface area contributed by atoms with Crippen molar-refractivity contribution in [1.82, 2.24) is 5.32 Å². The summed E-state index contributed by atoms with van der Waals surface area (Å²) in [5.41, 5.74) is -0.418. The standard InChI is InChI=1S/C13H11BrF2N2OS/c14-8-4-9(20-7-8)5-17-6-12(19)18-13-10(15)2-1-3-11(13)16/h1-4,7,17H,5-6H2,(H,18,19). The molecule has 2 N–H and O–H groups in total. The summed E-state index contributed by atoms with van der Waals surface area (Å²) < 4.78 is 27.6. The first-order valence-electron chi connectivity index (χ1n) is 5.74. The molecular formula is C13H11BrF2N2OS. The first-order valence-corrected chi connectivity index (χ1v) is 7.41. The van der Waals surface area contributed by atoms with E-state index in [-0.39, 0.29) is 6.54 Å². The Morgan fingerprint density at radius 2 is 2.00 bits per heavy atom. The highest BCUT2D eigenvalue weighted by Gasteiger charge is 2.11. The van der Waals surface area contributed by atoms with Crippen molar-refractivity contribution in [3.8, 4) is 0 Å². The molecule has 20 heavy (non-hydrogen) atoms. The van der Waals surface area contributed by atoms with Crippen molar-refractivity contribution >= 4 is 38.9 Å². The zero-order chi connectivity index (χ0) is 14.5. The summed E-state index contributed by atoms with van der Waals surface area (Å²) >= 11 is 4.88. The molecule has 0 fully saturated rings. The van der Waals surface area contributed by atoms with E-state index >= 15 is 0 Å². The summed E-state index contributed by atoms with van der Waals surface area (Å²) in [6, 6.07) is 5.37. The molecule has 1 aromatic heterocycles. The minimum absolute atomic E-state index is 0.0245. The number of hydrogen-bond acceptors (Lipinski definition) is 3. The second-order valence-electron chi connectivity index (χ2n) is 3.98. The smallest absolute Gasteiger partial charge is 0.238 e. The van der Waals surface area contributed by atoms with E-state index < -0.39 is 23.2 Å². The van der Waals surface area contributed by atoms with Gasteiger partial charge in [0.2, 0.25) is 5.91 Å². The molecule has 0 saturated heterocycles. The molecule has 0 saturated carbocycles. The summed E-state index contributed by atoms with van der Waals surface area (Å²) in [6.07, 6.45) is 0. The van der Waals surface area contributed by atoms with Gasteiger partial charge in [-0.1, -0.05) is 6.07 Å². The van der Waals surface area contributed by atoms with E-state index in [0.717, 1.165) is 21.5 Å². The van der Waals surface area contributed by atoms with Crippen LogP contribution in [-0.4, -0.2) is 12.5 Å². The van der Waals surface area contributed by atoms with Crippen LogP contribution in [0.15, 0.2) is 34.1 Å². The molecule has 0 aliphatic rings. The van der Waals surface area contributed by atoms with Gasteiger partial charge in [-0.25, -0.2) is 8.78 Å². The Morgan fingerprint density at radius 1 is 1.30 bits per heavy atom. The minimum atomic E-state index is -0.791. The van der Waals surface area contributed by atoms with Gasteiger partial charge in [-0.05, 0) is 34.1 Å². The van der Waals surface area contributed by atoms with Crippen molar-refractivity contribution in [2.45, 2.75) is 6.54 Å². The lowest BCUT2D eigenvalue weighted by atomic mass is 10.3. The summed E-state index contributed by atoms with van der Waals surface area (Å²) in [4.78, 5) is 12.7. The fourth-order valence-corrected chi connectivity index (χ4v) is 2.97. The van der Waals surface area contributed by atoms with E-state index in [4.69, 9.17) is 0 Å². The van der Waals surface area contributed by atoms with Gasteiger partial charge >= 0.3 is 0 Å². The second-order valence-corrected chi connectivity index (χ2v) is 5.89. The second kappa shape index (κ2) is 6.92. The Labute approximate surface area is 127 Å². The zero-order valence-electron chi connectivity index (χ0n) is 10.3. The Hall–Kier alpha value is -1.31. The van der Waals surface area contributed by atoms with Crippen LogP contribution >= 0.6 is 27.3 Å². The Kier molecular flexibility index (Phi) is 5.22. The molecule has 0 bridgehead atoms. The molecule has 7 heteroatoms. The van der Waals surface area contributed by atoms with Gasteiger partial charge in [0, 0.05) is 21.3 Å². The largest absolute Gasteiger partial charge is 0.320 e. The number of anilines is 1. The van der Waals surface area contributed by atoms with Gasteiger partial charge in [0.15, 0.2) is 0 Å². The van der Waals surface area contributed by atoms with Gasteiger partial charge in [0.1, 0.15) is 17.3 Å². The van der Waals surface area contributed by atoms with Crippen molar-refractivity contribution in [2.24, 2.45) is 0 Å². The van der Waals surface area contributed by atoms with Gasteiger partial charge in [-0.3, -0.25) is 4.79 Å². The number of hydrogen-bond donors (Lipinski definition) is 2. The van der Waals surface area contributed by atoms with Crippen molar-refractivity contribution < 1.29 is 13.6 Å². The minimum Gasteiger partial charge on any atom is -0.320 e. The summed E-state index contributed by atoms with van der Waals surface area (Å²) in [6.45, 7) is 0.493. The van der Waals surface area contributed by atoms with E-state index in [1.54, 1.807) is 11.3 Å². The molecule has 2 aromatic rings. The van der Waals surface area contributed by atoms with Crippen LogP contribution in [0.2, 0.25) is 0 Å². The molecule has 1 aromatic carbocycles. The molecule has 0 atom stereocenters. The topological polar surface area (TPSA) is 41.1 Å². The van der Waals surface area contributed by atoms with Crippen LogP contribution < -0.4 is 10.6 Å². The molecule has 1 amide bonds. The first kappa shape index (κ1) is 15.1. The Balaban J connectivity index is 1.84. The number of thiophene rings is 1. The predicted molar refractivity (Wildman–Crippen MR) is 78.7 cm³/mol. The third kappa shape index (κ3) is 4.09. The van der Waals surface area contributed by atoms with E-state index in [0.29, 0.717) is 6.54 Å². The molecular weight excluding hydrogens is 350 g/mol. The molecule has 0 aliphatic heterocycles. The molecule has 106 valence electrons. The Bertz CT molecular complexity index is 598. The molecule has 0 spiro atoms. The molecule has 2 rings (SSSR count). The number of benzene rings is 1. The SMILES string of the molecule is O=C(CNCc1cc(Br)cs1)Nc1c(F)cccc1F. The number of rotatable bonds is 5. The van der Waals surface area contributed by atoms with Gasteiger partial charge in [-0.2, -0.15) is 0 Å². The average molecular weight is 361 g/mol. The fourth-order valence-electron chi connectivity index (χ4n) is 1.55. The molecule has 0 aliphatic carbocycles. The van der Waals surface area contributed by atoms with Crippen LogP contribution in [-0.2, 0) is 11.3 Å². The normalized spacial score (nSPS) is 10.6. The number of halogens is 3. The van der Waals surface area contributed by atoms with E-state index in [1.165, 1.54) is 6.07 Å². The average Bonchev–Trinajstić information content (AvgIpc) is 2.80. The van der Waals surface area contributed by atoms with Crippen LogP contribution in [0.4, 0.5) is 14.5 Å². The van der Waals surface area contributed by atoms with Crippen molar-refractivity contribution in [1.29, 1.82) is 0 Å². The Morgan fingerprint density at radius 3 is 2.60 bits per heavy atom. The maximum absolute atomic E-state index is 13.3. The number of amides is 1. The van der Waals surface area contributed by atoms with Gasteiger partial charge < -0.3 is 10.6 Å². The van der Waals surface area contributed by atoms with E-state index in [9.17, 15) is 13.6 Å². The third-order valence-corrected chi connectivity index (χ3v) is 4.13. The van der Waals surface area contributed by atoms with Crippen molar-refractivity contribution in [2.75, 3.05) is 11.9 Å². The molecule has 0 radical (unpaired) electrons. The van der Waals surface area contributed by atoms with Gasteiger partial charge in [-0.15, -0.1) is 11.3 Å². The summed E-state index contributed by atoms with van der Waals surface area (Å²) in [5, 5.41) is 7.06.